The Balaban J connectivity index is 1.79. The molecular weight excluding hydrogens is 242 g/mol. The summed E-state index contributed by atoms with van der Waals surface area (Å²) in [5, 5.41) is 6.25. The molecule has 1 atom stereocenters. The summed E-state index contributed by atoms with van der Waals surface area (Å²) >= 11 is 0. The molecule has 0 radical (unpaired) electrons. The van der Waals surface area contributed by atoms with E-state index in [1.54, 1.807) is 4.90 Å². The fourth-order valence-corrected chi connectivity index (χ4v) is 2.96. The van der Waals surface area contributed by atoms with Gasteiger partial charge in [0.1, 0.15) is 0 Å². The molecule has 1 aliphatic heterocycles. The van der Waals surface area contributed by atoms with Crippen molar-refractivity contribution in [3.63, 3.8) is 0 Å². The molecule has 2 fully saturated rings. The Morgan fingerprint density at radius 1 is 1.37 bits per heavy atom. The van der Waals surface area contributed by atoms with Crippen molar-refractivity contribution in [2.45, 2.75) is 57.5 Å². The molecule has 0 spiro atoms. The van der Waals surface area contributed by atoms with Crippen molar-refractivity contribution in [1.82, 2.24) is 15.5 Å². The maximum atomic E-state index is 12.1. The first-order chi connectivity index (χ1) is 9.20. The molecule has 0 aromatic rings. The van der Waals surface area contributed by atoms with Gasteiger partial charge in [0.25, 0.3) is 0 Å². The van der Waals surface area contributed by atoms with E-state index in [0.717, 1.165) is 25.8 Å². The molecule has 0 aromatic heterocycles. The first-order valence-electron chi connectivity index (χ1n) is 7.52. The zero-order valence-electron chi connectivity index (χ0n) is 11.8. The van der Waals surface area contributed by atoms with E-state index in [1.807, 2.05) is 6.92 Å². The average molecular weight is 267 g/mol. The Kier molecular flexibility index (Phi) is 5.19. The third-order valence-corrected chi connectivity index (χ3v) is 4.10. The van der Waals surface area contributed by atoms with Crippen LogP contribution in [-0.4, -0.2) is 48.4 Å². The summed E-state index contributed by atoms with van der Waals surface area (Å²) in [4.78, 5) is 25.7. The topological polar surface area (TPSA) is 61.4 Å². The molecule has 2 rings (SSSR count). The van der Waals surface area contributed by atoms with Gasteiger partial charge in [-0.3, -0.25) is 9.59 Å². The Morgan fingerprint density at radius 3 is 2.79 bits per heavy atom. The smallest absolute Gasteiger partial charge is 0.240 e. The summed E-state index contributed by atoms with van der Waals surface area (Å²) in [7, 11) is 0. The maximum Gasteiger partial charge on any atom is 0.240 e. The fraction of sp³-hybridized carbons (Fsp3) is 0.857. The second-order valence-corrected chi connectivity index (χ2v) is 5.58. The maximum absolute atomic E-state index is 12.1. The highest BCUT2D eigenvalue weighted by Crippen LogP contribution is 2.17. The summed E-state index contributed by atoms with van der Waals surface area (Å²) in [6, 6.07) is 0.206. The van der Waals surface area contributed by atoms with Gasteiger partial charge in [-0.1, -0.05) is 26.2 Å². The van der Waals surface area contributed by atoms with Crippen LogP contribution >= 0.6 is 0 Å². The van der Waals surface area contributed by atoms with Crippen molar-refractivity contribution >= 4 is 11.8 Å². The summed E-state index contributed by atoms with van der Waals surface area (Å²) in [5.74, 6) is 0.0598. The lowest BCUT2D eigenvalue weighted by Gasteiger charge is -2.33. The van der Waals surface area contributed by atoms with Crippen LogP contribution in [0.25, 0.3) is 0 Å². The molecule has 2 amide bonds. The number of piperazine rings is 1. The summed E-state index contributed by atoms with van der Waals surface area (Å²) < 4.78 is 0. The highest BCUT2D eigenvalue weighted by atomic mass is 16.2. The van der Waals surface area contributed by atoms with E-state index in [2.05, 4.69) is 10.6 Å². The van der Waals surface area contributed by atoms with Gasteiger partial charge in [-0.05, 0) is 19.3 Å². The van der Waals surface area contributed by atoms with Crippen LogP contribution in [0.4, 0.5) is 0 Å². The molecule has 19 heavy (non-hydrogen) atoms. The van der Waals surface area contributed by atoms with E-state index in [1.165, 1.54) is 19.3 Å². The molecule has 1 unspecified atom stereocenters. The zero-order chi connectivity index (χ0) is 13.7. The van der Waals surface area contributed by atoms with Gasteiger partial charge in [0.2, 0.25) is 11.8 Å². The van der Waals surface area contributed by atoms with Crippen LogP contribution in [0.1, 0.15) is 45.4 Å². The lowest BCUT2D eigenvalue weighted by atomic mass is 9.95. The third-order valence-electron chi connectivity index (χ3n) is 4.10. The van der Waals surface area contributed by atoms with Crippen LogP contribution in [-0.2, 0) is 9.59 Å². The van der Waals surface area contributed by atoms with Gasteiger partial charge < -0.3 is 15.5 Å². The molecule has 5 heteroatoms. The quantitative estimate of drug-likeness (QED) is 0.786. The van der Waals surface area contributed by atoms with Crippen molar-refractivity contribution in [3.05, 3.63) is 0 Å². The van der Waals surface area contributed by atoms with Crippen LogP contribution in [0, 0.1) is 0 Å². The van der Waals surface area contributed by atoms with Crippen LogP contribution in [0.2, 0.25) is 0 Å². The second-order valence-electron chi connectivity index (χ2n) is 5.58. The predicted octanol–water partition coefficient (Wildman–Crippen LogP) is 0.646. The molecule has 1 saturated heterocycles. The monoisotopic (exact) mass is 267 g/mol. The van der Waals surface area contributed by atoms with Gasteiger partial charge in [0.15, 0.2) is 0 Å². The molecule has 5 nitrogen and oxygen atoms in total. The Hall–Kier alpha value is -1.10. The highest BCUT2D eigenvalue weighted by Gasteiger charge is 2.28. The molecule has 1 aliphatic carbocycles. The lowest BCUT2D eigenvalue weighted by Crippen LogP contribution is -2.57. The largest absolute Gasteiger partial charge is 0.352 e. The number of rotatable bonds is 4. The number of amides is 2. The molecular formula is C14H25N3O2. The minimum Gasteiger partial charge on any atom is -0.352 e. The number of carbonyl (C=O) groups excluding carboxylic acids is 2. The van der Waals surface area contributed by atoms with Crippen LogP contribution in [0.5, 0.6) is 0 Å². The average Bonchev–Trinajstić information content (AvgIpc) is 2.42. The summed E-state index contributed by atoms with van der Waals surface area (Å²) in [5.41, 5.74) is 0. The van der Waals surface area contributed by atoms with E-state index < -0.39 is 0 Å². The Morgan fingerprint density at radius 2 is 2.11 bits per heavy atom. The molecule has 0 aromatic carbocycles. The number of nitrogens with one attached hydrogen (secondary N) is 2. The second kappa shape index (κ2) is 6.89. The van der Waals surface area contributed by atoms with Gasteiger partial charge in [-0.15, -0.1) is 0 Å². The third kappa shape index (κ3) is 3.93. The predicted molar refractivity (Wildman–Crippen MR) is 73.7 cm³/mol. The van der Waals surface area contributed by atoms with Crippen molar-refractivity contribution in [2.24, 2.45) is 0 Å². The molecule has 2 N–H and O–H groups in total. The zero-order valence-corrected chi connectivity index (χ0v) is 11.8. The van der Waals surface area contributed by atoms with E-state index in [9.17, 15) is 9.59 Å². The van der Waals surface area contributed by atoms with Crippen molar-refractivity contribution < 1.29 is 9.59 Å². The SMILES string of the molecule is CCC1NCCN(CC(=O)NC2CCCCC2)C1=O. The van der Waals surface area contributed by atoms with Crippen molar-refractivity contribution in [2.75, 3.05) is 19.6 Å². The summed E-state index contributed by atoms with van der Waals surface area (Å²) in [6.07, 6.45) is 6.63. The molecule has 1 saturated carbocycles. The van der Waals surface area contributed by atoms with Gasteiger partial charge in [-0.25, -0.2) is 0 Å². The minimum atomic E-state index is -0.115. The van der Waals surface area contributed by atoms with Gasteiger partial charge >= 0.3 is 0 Å². The normalized spacial score (nSPS) is 25.4. The van der Waals surface area contributed by atoms with Gasteiger partial charge in [0, 0.05) is 19.1 Å². The Bertz CT molecular complexity index is 327. The standard InChI is InChI=1S/C14H25N3O2/c1-2-12-14(19)17(9-8-15-12)10-13(18)16-11-6-4-3-5-7-11/h11-12,15H,2-10H2,1H3,(H,16,18). The molecule has 0 bridgehead atoms. The van der Waals surface area contributed by atoms with E-state index >= 15 is 0 Å². The first kappa shape index (κ1) is 14.3. The van der Waals surface area contributed by atoms with E-state index in [-0.39, 0.29) is 24.4 Å². The van der Waals surface area contributed by atoms with Crippen LogP contribution in [0.15, 0.2) is 0 Å². The number of carbonyl (C=O) groups is 2. The first-order valence-corrected chi connectivity index (χ1v) is 7.52. The van der Waals surface area contributed by atoms with Gasteiger partial charge in [-0.2, -0.15) is 0 Å². The van der Waals surface area contributed by atoms with Crippen LogP contribution in [0.3, 0.4) is 0 Å². The Labute approximate surface area is 115 Å². The number of nitrogens with zero attached hydrogens (tertiary/aromatic N) is 1. The lowest BCUT2D eigenvalue weighted by molar-refractivity contribution is -0.140. The van der Waals surface area contributed by atoms with E-state index in [4.69, 9.17) is 0 Å². The van der Waals surface area contributed by atoms with E-state index in [0.29, 0.717) is 12.6 Å². The number of hydrogen-bond acceptors (Lipinski definition) is 3. The van der Waals surface area contributed by atoms with Crippen molar-refractivity contribution in [3.8, 4) is 0 Å². The number of hydrogen-bond donors (Lipinski definition) is 2. The summed E-state index contributed by atoms with van der Waals surface area (Å²) in [6.45, 7) is 3.61. The molecule has 108 valence electrons. The molecule has 1 heterocycles. The highest BCUT2D eigenvalue weighted by molar-refractivity contribution is 5.88. The molecule has 2 aliphatic rings. The fourth-order valence-electron chi connectivity index (χ4n) is 2.96. The van der Waals surface area contributed by atoms with Gasteiger partial charge in [0.05, 0.1) is 12.6 Å². The van der Waals surface area contributed by atoms with Crippen molar-refractivity contribution in [1.29, 1.82) is 0 Å². The minimum absolute atomic E-state index is 0.00277. The van der Waals surface area contributed by atoms with Crippen LogP contribution < -0.4 is 10.6 Å².